The van der Waals surface area contributed by atoms with E-state index in [1.807, 2.05) is 6.92 Å². The van der Waals surface area contributed by atoms with Crippen LogP contribution in [0.15, 0.2) is 60.7 Å². The van der Waals surface area contributed by atoms with Gasteiger partial charge in [-0.15, -0.1) is 0 Å². The third kappa shape index (κ3) is 4.41. The van der Waals surface area contributed by atoms with Gasteiger partial charge in [-0.3, -0.25) is 0 Å². The lowest BCUT2D eigenvalue weighted by molar-refractivity contribution is 0.114. The van der Waals surface area contributed by atoms with Crippen molar-refractivity contribution in [3.63, 3.8) is 0 Å². The van der Waals surface area contributed by atoms with E-state index in [0.29, 0.717) is 0 Å². The second-order valence-electron chi connectivity index (χ2n) is 7.62. The molecule has 2 aromatic carbocycles. The van der Waals surface area contributed by atoms with Crippen molar-refractivity contribution in [3.05, 3.63) is 67.1 Å². The van der Waals surface area contributed by atoms with Crippen molar-refractivity contribution in [1.82, 2.24) is 0 Å². The number of ether oxygens (including phenoxy) is 1. The van der Waals surface area contributed by atoms with Crippen LogP contribution in [0.3, 0.4) is 0 Å². The zero-order chi connectivity index (χ0) is 18.5. The first kappa shape index (κ1) is 19.9. The Labute approximate surface area is 154 Å². The third-order valence-electron chi connectivity index (χ3n) is 4.69. The Balaban J connectivity index is 2.57. The Morgan fingerprint density at radius 1 is 0.800 bits per heavy atom. The van der Waals surface area contributed by atoms with Crippen LogP contribution in [0.4, 0.5) is 0 Å². The molecular weight excluding hydrogens is 324 g/mol. The van der Waals surface area contributed by atoms with Crippen LogP contribution in [0.25, 0.3) is 0 Å². The Bertz CT molecular complexity index is 595. The molecule has 25 heavy (non-hydrogen) atoms. The molecule has 3 heteroatoms. The van der Waals surface area contributed by atoms with E-state index in [9.17, 15) is 0 Å². The van der Waals surface area contributed by atoms with Crippen molar-refractivity contribution in [1.29, 1.82) is 0 Å². The number of rotatable bonds is 7. The van der Waals surface area contributed by atoms with Crippen LogP contribution in [0.5, 0.6) is 0 Å². The Morgan fingerprint density at radius 2 is 1.24 bits per heavy atom. The van der Waals surface area contributed by atoms with Gasteiger partial charge in [0.15, 0.2) is 0 Å². The summed E-state index contributed by atoms with van der Waals surface area (Å²) in [6.45, 7) is 11.1. The average molecular weight is 356 g/mol. The summed E-state index contributed by atoms with van der Waals surface area (Å²) in [6.07, 6.45) is 2.20. The lowest BCUT2D eigenvalue weighted by atomic mass is 10.2. The van der Waals surface area contributed by atoms with Crippen molar-refractivity contribution in [2.75, 3.05) is 7.11 Å². The Kier molecular flexibility index (Phi) is 6.61. The highest BCUT2D eigenvalue weighted by Crippen LogP contribution is 2.37. The molecule has 2 nitrogen and oxygen atoms in total. The molecule has 135 valence electrons. The molecule has 2 aromatic rings. The van der Waals surface area contributed by atoms with Crippen LogP contribution >= 0.6 is 0 Å². The van der Waals surface area contributed by atoms with Crippen LogP contribution in [-0.4, -0.2) is 27.6 Å². The van der Waals surface area contributed by atoms with Gasteiger partial charge in [0, 0.05) is 19.6 Å². The van der Waals surface area contributed by atoms with Gasteiger partial charge in [-0.05, 0) is 29.3 Å². The first-order valence-electron chi connectivity index (χ1n) is 8.98. The van der Waals surface area contributed by atoms with Crippen molar-refractivity contribution in [2.24, 2.45) is 0 Å². The van der Waals surface area contributed by atoms with Crippen LogP contribution in [-0.2, 0) is 9.16 Å². The maximum Gasteiger partial charge on any atom is 0.261 e. The zero-order valence-corrected chi connectivity index (χ0v) is 17.3. The molecule has 0 fully saturated rings. The molecule has 0 saturated heterocycles. The van der Waals surface area contributed by atoms with Gasteiger partial charge in [-0.25, -0.2) is 0 Å². The van der Waals surface area contributed by atoms with E-state index in [1.165, 1.54) is 10.4 Å². The van der Waals surface area contributed by atoms with Gasteiger partial charge in [0.05, 0.1) is 6.10 Å². The second-order valence-corrected chi connectivity index (χ2v) is 11.9. The average Bonchev–Trinajstić information content (AvgIpc) is 2.60. The van der Waals surface area contributed by atoms with Gasteiger partial charge in [0.25, 0.3) is 8.32 Å². The van der Waals surface area contributed by atoms with Gasteiger partial charge in [0.2, 0.25) is 0 Å². The quantitative estimate of drug-likeness (QED) is 0.693. The van der Waals surface area contributed by atoms with E-state index >= 15 is 0 Å². The van der Waals surface area contributed by atoms with Gasteiger partial charge in [-0.1, -0.05) is 81.4 Å². The molecule has 0 aliphatic heterocycles. The minimum absolute atomic E-state index is 0.00116. The van der Waals surface area contributed by atoms with Crippen LogP contribution < -0.4 is 10.4 Å². The summed E-state index contributed by atoms with van der Waals surface area (Å²) in [6, 6.07) is 21.5. The molecule has 0 aromatic heterocycles. The number of hydrogen-bond acceptors (Lipinski definition) is 2. The summed E-state index contributed by atoms with van der Waals surface area (Å²) in [5.41, 5.74) is 0. The fraction of sp³-hybridized carbons (Fsp3) is 0.409. The van der Waals surface area contributed by atoms with Gasteiger partial charge in [0.1, 0.15) is 0 Å². The van der Waals surface area contributed by atoms with E-state index in [2.05, 4.69) is 94.8 Å². The summed E-state index contributed by atoms with van der Waals surface area (Å²) in [7, 11) is -0.746. The van der Waals surface area contributed by atoms with Gasteiger partial charge >= 0.3 is 0 Å². The van der Waals surface area contributed by atoms with Crippen molar-refractivity contribution >= 4 is 18.7 Å². The minimum Gasteiger partial charge on any atom is -0.404 e. The first-order valence-corrected chi connectivity index (χ1v) is 10.9. The third-order valence-corrected chi connectivity index (χ3v) is 9.82. The van der Waals surface area contributed by atoms with Gasteiger partial charge in [-0.2, -0.15) is 0 Å². The molecule has 0 amide bonds. The monoisotopic (exact) mass is 355 g/mol. The zero-order valence-electron chi connectivity index (χ0n) is 16.3. The molecule has 0 N–H and O–H groups in total. The van der Waals surface area contributed by atoms with Crippen LogP contribution in [0, 0.1) is 6.42 Å². The largest absolute Gasteiger partial charge is 0.404 e. The highest BCUT2D eigenvalue weighted by atomic mass is 28.4. The highest BCUT2D eigenvalue weighted by molar-refractivity contribution is 6.99. The maximum atomic E-state index is 6.95. The summed E-state index contributed by atoms with van der Waals surface area (Å²) in [5, 5.41) is 2.60. The number of methoxy groups -OCH3 is 1. The topological polar surface area (TPSA) is 18.5 Å². The fourth-order valence-electron chi connectivity index (χ4n) is 3.47. The highest BCUT2D eigenvalue weighted by Gasteiger charge is 2.51. The number of hydrogen-bond donors (Lipinski definition) is 0. The van der Waals surface area contributed by atoms with Crippen molar-refractivity contribution in [3.8, 4) is 0 Å². The number of benzene rings is 2. The van der Waals surface area contributed by atoms with Crippen LogP contribution in [0.1, 0.15) is 34.6 Å². The molecule has 2 rings (SSSR count). The maximum absolute atomic E-state index is 6.95. The predicted octanol–water partition coefficient (Wildman–Crippen LogP) is 4.19. The molecule has 0 saturated carbocycles. The minimum atomic E-state index is -2.48. The smallest absolute Gasteiger partial charge is 0.261 e. The fourth-order valence-corrected chi connectivity index (χ4v) is 8.12. The molecule has 0 heterocycles. The molecule has 2 atom stereocenters. The lowest BCUT2D eigenvalue weighted by Gasteiger charge is -2.45. The molecule has 0 aliphatic carbocycles. The summed E-state index contributed by atoms with van der Waals surface area (Å²) < 4.78 is 12.4. The van der Waals surface area contributed by atoms with E-state index in [-0.39, 0.29) is 17.2 Å². The molecule has 0 bridgehead atoms. The van der Waals surface area contributed by atoms with Crippen molar-refractivity contribution in [2.45, 2.75) is 51.9 Å². The molecule has 0 unspecified atom stereocenters. The summed E-state index contributed by atoms with van der Waals surface area (Å²) in [4.78, 5) is 0. The second kappa shape index (κ2) is 8.30. The normalized spacial score (nSPS) is 15.0. The first-order chi connectivity index (χ1) is 11.8. The van der Waals surface area contributed by atoms with Crippen molar-refractivity contribution < 1.29 is 9.16 Å². The lowest BCUT2D eigenvalue weighted by Crippen LogP contribution is -2.67. The van der Waals surface area contributed by atoms with Crippen LogP contribution in [0.2, 0.25) is 5.04 Å². The van der Waals surface area contributed by atoms with E-state index in [1.54, 1.807) is 7.11 Å². The van der Waals surface area contributed by atoms with E-state index < -0.39 is 8.32 Å². The molecule has 0 spiro atoms. The predicted molar refractivity (Wildman–Crippen MR) is 109 cm³/mol. The summed E-state index contributed by atoms with van der Waals surface area (Å²) in [5.74, 6) is 0. The summed E-state index contributed by atoms with van der Waals surface area (Å²) >= 11 is 0. The van der Waals surface area contributed by atoms with E-state index in [4.69, 9.17) is 9.16 Å². The standard InChI is InChI=1S/C22H31O2Si/c1-18(23-6)17-19(2)24-25(22(3,4)5,20-13-9-7-10-14-20)21-15-11-8-12-16-21/h7-19H,1-6H3/t18-,19-/m0/s1. The molecular formula is C22H31O2Si. The molecule has 1 radical (unpaired) electrons. The van der Waals surface area contributed by atoms with E-state index in [0.717, 1.165) is 0 Å². The van der Waals surface area contributed by atoms with Gasteiger partial charge < -0.3 is 9.16 Å². The Hall–Kier alpha value is -1.42. The molecule has 0 aliphatic rings. The Morgan fingerprint density at radius 3 is 1.60 bits per heavy atom. The SMILES string of the molecule is CO[C@@H](C)[CH][C@H](C)O[Si](c1ccccc1)(c1ccccc1)C(C)(C)C.